The number of fused-ring (bicyclic) bond motifs is 1. The fourth-order valence-electron chi connectivity index (χ4n) is 3.70. The Morgan fingerprint density at radius 3 is 2.78 bits per heavy atom. The van der Waals surface area contributed by atoms with Gasteiger partial charge in [0.25, 0.3) is 5.91 Å². The third-order valence-corrected chi connectivity index (χ3v) is 6.36. The van der Waals surface area contributed by atoms with E-state index in [1.165, 1.54) is 42.5 Å². The number of aryl methyl sites for hydroxylation is 1. The van der Waals surface area contributed by atoms with Crippen LogP contribution in [-0.4, -0.2) is 11.8 Å². The first kappa shape index (κ1) is 16.5. The lowest BCUT2D eigenvalue weighted by Gasteiger charge is -2.16. The lowest BCUT2D eigenvalue weighted by molar-refractivity contribution is -0.122. The van der Waals surface area contributed by atoms with Crippen molar-refractivity contribution in [2.45, 2.75) is 64.7 Å². The average molecular weight is 334 g/mol. The highest BCUT2D eigenvalue weighted by Gasteiger charge is 2.21. The molecule has 5 heteroatoms. The Hall–Kier alpha value is -1.36. The molecule has 1 unspecified atom stereocenters. The first-order chi connectivity index (χ1) is 11.1. The highest BCUT2D eigenvalue weighted by Crippen LogP contribution is 2.32. The maximum Gasteiger partial charge on any atom is 0.279 e. The smallest absolute Gasteiger partial charge is 0.273 e. The van der Waals surface area contributed by atoms with E-state index in [1.54, 1.807) is 11.3 Å². The summed E-state index contributed by atoms with van der Waals surface area (Å²) in [5.41, 5.74) is 6.44. The SMILES string of the molecule is CC1CCc2sc(C(=O)NNC(=O)CCC3CCCC3)cc2C1. The molecule has 1 aromatic heterocycles. The number of hydrogen-bond donors (Lipinski definition) is 2. The van der Waals surface area contributed by atoms with Gasteiger partial charge in [-0.1, -0.05) is 32.6 Å². The summed E-state index contributed by atoms with van der Waals surface area (Å²) < 4.78 is 0. The highest BCUT2D eigenvalue weighted by atomic mass is 32.1. The third-order valence-electron chi connectivity index (χ3n) is 5.12. The van der Waals surface area contributed by atoms with Crippen molar-refractivity contribution in [3.05, 3.63) is 21.4 Å². The number of rotatable bonds is 4. The summed E-state index contributed by atoms with van der Waals surface area (Å²) in [5.74, 6) is 1.12. The van der Waals surface area contributed by atoms with E-state index in [2.05, 4.69) is 17.8 Å². The number of carbonyl (C=O) groups is 2. The lowest BCUT2D eigenvalue weighted by Crippen LogP contribution is -2.41. The largest absolute Gasteiger partial charge is 0.279 e. The fraction of sp³-hybridized carbons (Fsp3) is 0.667. The predicted molar refractivity (Wildman–Crippen MR) is 92.3 cm³/mol. The topological polar surface area (TPSA) is 58.2 Å². The van der Waals surface area contributed by atoms with Gasteiger partial charge >= 0.3 is 0 Å². The number of thiophene rings is 1. The van der Waals surface area contributed by atoms with Crippen molar-refractivity contribution in [2.75, 3.05) is 0 Å². The molecule has 0 saturated heterocycles. The van der Waals surface area contributed by atoms with Crippen molar-refractivity contribution < 1.29 is 9.59 Å². The molecule has 0 aromatic carbocycles. The molecule has 0 bridgehead atoms. The Morgan fingerprint density at radius 2 is 2.00 bits per heavy atom. The van der Waals surface area contributed by atoms with E-state index in [1.807, 2.05) is 6.07 Å². The Bertz CT molecular complexity index is 576. The summed E-state index contributed by atoms with van der Waals surface area (Å²) in [5, 5.41) is 0. The Labute approximate surface area is 142 Å². The van der Waals surface area contributed by atoms with Crippen LogP contribution in [0.15, 0.2) is 6.07 Å². The van der Waals surface area contributed by atoms with Gasteiger partial charge in [-0.2, -0.15) is 0 Å². The molecule has 4 nitrogen and oxygen atoms in total. The molecule has 23 heavy (non-hydrogen) atoms. The van der Waals surface area contributed by atoms with Crippen molar-refractivity contribution in [3.63, 3.8) is 0 Å². The van der Waals surface area contributed by atoms with Gasteiger partial charge < -0.3 is 0 Å². The molecule has 2 aliphatic rings. The Kier molecular flexibility index (Phi) is 5.36. The van der Waals surface area contributed by atoms with E-state index in [-0.39, 0.29) is 11.8 Å². The van der Waals surface area contributed by atoms with Crippen LogP contribution in [0, 0.1) is 11.8 Å². The standard InChI is InChI=1S/C18H26N2O2S/c1-12-6-8-15-14(10-12)11-16(23-15)18(22)20-19-17(21)9-7-13-4-2-3-5-13/h11-13H,2-10H2,1H3,(H,19,21)(H,20,22). The van der Waals surface area contributed by atoms with E-state index in [0.717, 1.165) is 19.3 Å². The Morgan fingerprint density at radius 1 is 1.22 bits per heavy atom. The molecule has 1 atom stereocenters. The molecule has 2 amide bonds. The molecule has 2 N–H and O–H groups in total. The number of hydrazine groups is 1. The van der Waals surface area contributed by atoms with E-state index in [4.69, 9.17) is 0 Å². The summed E-state index contributed by atoms with van der Waals surface area (Å²) in [6, 6.07) is 2.00. The summed E-state index contributed by atoms with van der Waals surface area (Å²) >= 11 is 1.57. The molecular weight excluding hydrogens is 308 g/mol. The van der Waals surface area contributed by atoms with Gasteiger partial charge in [0.1, 0.15) is 0 Å². The van der Waals surface area contributed by atoms with Crippen molar-refractivity contribution in [1.29, 1.82) is 0 Å². The summed E-state index contributed by atoms with van der Waals surface area (Å²) in [6.07, 6.45) is 9.87. The van der Waals surface area contributed by atoms with Crippen LogP contribution < -0.4 is 10.9 Å². The zero-order chi connectivity index (χ0) is 16.2. The molecular formula is C18H26N2O2S. The minimum atomic E-state index is -0.189. The monoisotopic (exact) mass is 334 g/mol. The molecule has 1 aromatic rings. The van der Waals surface area contributed by atoms with Crippen LogP contribution in [0.25, 0.3) is 0 Å². The van der Waals surface area contributed by atoms with Gasteiger partial charge in [0, 0.05) is 11.3 Å². The van der Waals surface area contributed by atoms with Crippen LogP contribution in [0.5, 0.6) is 0 Å². The van der Waals surface area contributed by atoms with Gasteiger partial charge in [-0.25, -0.2) is 0 Å². The van der Waals surface area contributed by atoms with Crippen LogP contribution in [0.3, 0.4) is 0 Å². The highest BCUT2D eigenvalue weighted by molar-refractivity contribution is 7.14. The van der Waals surface area contributed by atoms with Gasteiger partial charge in [0.15, 0.2) is 0 Å². The van der Waals surface area contributed by atoms with E-state index >= 15 is 0 Å². The van der Waals surface area contributed by atoms with Crippen LogP contribution in [0.2, 0.25) is 0 Å². The van der Waals surface area contributed by atoms with E-state index in [0.29, 0.717) is 23.1 Å². The minimum Gasteiger partial charge on any atom is -0.273 e. The fourth-order valence-corrected chi connectivity index (χ4v) is 4.81. The molecule has 126 valence electrons. The van der Waals surface area contributed by atoms with Crippen LogP contribution >= 0.6 is 11.3 Å². The van der Waals surface area contributed by atoms with Crippen LogP contribution in [0.1, 0.15) is 72.0 Å². The average Bonchev–Trinajstić information content (AvgIpc) is 3.19. The van der Waals surface area contributed by atoms with E-state index < -0.39 is 0 Å². The second-order valence-electron chi connectivity index (χ2n) is 7.10. The third kappa shape index (κ3) is 4.34. The number of nitrogens with one attached hydrogen (secondary N) is 2. The van der Waals surface area contributed by atoms with Gasteiger partial charge in [-0.3, -0.25) is 20.4 Å². The van der Waals surface area contributed by atoms with Crippen molar-refractivity contribution in [3.8, 4) is 0 Å². The lowest BCUT2D eigenvalue weighted by atomic mass is 9.90. The number of carbonyl (C=O) groups excluding carboxylic acids is 2. The summed E-state index contributed by atoms with van der Waals surface area (Å²) in [7, 11) is 0. The molecule has 1 saturated carbocycles. The molecule has 0 spiro atoms. The normalized spacial score (nSPS) is 21.0. The van der Waals surface area contributed by atoms with Crippen molar-refractivity contribution in [1.82, 2.24) is 10.9 Å². The maximum atomic E-state index is 12.2. The quantitative estimate of drug-likeness (QED) is 0.827. The second-order valence-corrected chi connectivity index (χ2v) is 8.24. The van der Waals surface area contributed by atoms with Gasteiger partial charge in [-0.15, -0.1) is 11.3 Å². The molecule has 2 aliphatic carbocycles. The molecule has 3 rings (SSSR count). The summed E-state index contributed by atoms with van der Waals surface area (Å²) in [4.78, 5) is 26.1. The van der Waals surface area contributed by atoms with Gasteiger partial charge in [0.2, 0.25) is 5.91 Å². The first-order valence-electron chi connectivity index (χ1n) is 8.82. The molecule has 0 aliphatic heterocycles. The summed E-state index contributed by atoms with van der Waals surface area (Å²) in [6.45, 7) is 2.25. The second kappa shape index (κ2) is 7.47. The van der Waals surface area contributed by atoms with Crippen LogP contribution in [-0.2, 0) is 17.6 Å². The number of hydrogen-bond acceptors (Lipinski definition) is 3. The Balaban J connectivity index is 1.44. The molecule has 1 heterocycles. The molecule has 0 radical (unpaired) electrons. The minimum absolute atomic E-state index is 0.0832. The van der Waals surface area contributed by atoms with Crippen molar-refractivity contribution in [2.24, 2.45) is 11.8 Å². The van der Waals surface area contributed by atoms with Crippen LogP contribution in [0.4, 0.5) is 0 Å². The van der Waals surface area contributed by atoms with Gasteiger partial charge in [0.05, 0.1) is 4.88 Å². The van der Waals surface area contributed by atoms with Crippen molar-refractivity contribution >= 4 is 23.2 Å². The van der Waals surface area contributed by atoms with Gasteiger partial charge in [-0.05, 0) is 49.1 Å². The molecule has 1 fully saturated rings. The zero-order valence-corrected chi connectivity index (χ0v) is 14.6. The van der Waals surface area contributed by atoms with E-state index in [9.17, 15) is 9.59 Å². The zero-order valence-electron chi connectivity index (χ0n) is 13.8. The first-order valence-corrected chi connectivity index (χ1v) is 9.64. The maximum absolute atomic E-state index is 12.2. The number of amides is 2. The predicted octanol–water partition coefficient (Wildman–Crippen LogP) is 3.60.